The Morgan fingerprint density at radius 1 is 1.13 bits per heavy atom. The Morgan fingerprint density at radius 3 is 2.67 bits per heavy atom. The van der Waals surface area contributed by atoms with Crippen molar-refractivity contribution in [2.75, 3.05) is 50.5 Å². The van der Waals surface area contributed by atoms with Gasteiger partial charge in [0.05, 0.1) is 13.7 Å². The lowest BCUT2D eigenvalue weighted by molar-refractivity contribution is -0.115. The second-order valence-electron chi connectivity index (χ2n) is 6.98. The van der Waals surface area contributed by atoms with Crippen LogP contribution in [0, 0.1) is 0 Å². The van der Waals surface area contributed by atoms with Crippen LogP contribution in [-0.2, 0) is 0 Å². The summed E-state index contributed by atoms with van der Waals surface area (Å²) in [6, 6.07) is 6.65. The van der Waals surface area contributed by atoms with Crippen molar-refractivity contribution in [2.24, 2.45) is 0 Å². The molecule has 3 rings (SSSR count). The fraction of sp³-hybridized carbons (Fsp3) is 0.500. The van der Waals surface area contributed by atoms with Crippen molar-refractivity contribution in [1.82, 2.24) is 14.9 Å². The Kier molecular flexibility index (Phi) is 7.56. The second kappa shape index (κ2) is 10.3. The summed E-state index contributed by atoms with van der Waals surface area (Å²) >= 11 is 0. The zero-order valence-corrected chi connectivity index (χ0v) is 16.8. The highest BCUT2D eigenvalue weighted by Crippen LogP contribution is 2.31. The lowest BCUT2D eigenvalue weighted by atomic mass is 10.2. The van der Waals surface area contributed by atoms with E-state index in [2.05, 4.69) is 25.5 Å². The van der Waals surface area contributed by atoms with Gasteiger partial charge in [0, 0.05) is 24.5 Å². The molecule has 1 aromatic heterocycles. The van der Waals surface area contributed by atoms with Crippen LogP contribution in [-0.4, -0.2) is 60.9 Å². The van der Waals surface area contributed by atoms with Crippen molar-refractivity contribution in [3.63, 3.8) is 0 Å². The van der Waals surface area contributed by atoms with Gasteiger partial charge in [0.15, 0.2) is 11.5 Å². The first kappa shape index (κ1) is 21.9. The molecule has 0 spiro atoms. The van der Waals surface area contributed by atoms with E-state index in [0.29, 0.717) is 23.8 Å². The van der Waals surface area contributed by atoms with Gasteiger partial charge in [0.2, 0.25) is 5.95 Å². The van der Waals surface area contributed by atoms with E-state index >= 15 is 0 Å². The number of halogens is 3. The van der Waals surface area contributed by atoms with Crippen molar-refractivity contribution < 1.29 is 22.6 Å². The lowest BCUT2D eigenvalue weighted by Crippen LogP contribution is -2.22. The van der Waals surface area contributed by atoms with Gasteiger partial charge in [-0.15, -0.1) is 0 Å². The Labute approximate surface area is 173 Å². The molecule has 1 saturated heterocycles. The molecule has 0 saturated carbocycles. The molecule has 0 amide bonds. The van der Waals surface area contributed by atoms with Crippen molar-refractivity contribution in [3.8, 4) is 11.5 Å². The van der Waals surface area contributed by atoms with Crippen LogP contribution in [0.15, 0.2) is 30.5 Å². The summed E-state index contributed by atoms with van der Waals surface area (Å²) in [6.07, 6.45) is 0.495. The third-order valence-electron chi connectivity index (χ3n) is 4.62. The lowest BCUT2D eigenvalue weighted by Gasteiger charge is -2.16. The maximum atomic E-state index is 12.4. The maximum absolute atomic E-state index is 12.4. The van der Waals surface area contributed by atoms with Crippen LogP contribution in [0.4, 0.5) is 30.6 Å². The summed E-state index contributed by atoms with van der Waals surface area (Å²) in [5, 5.41) is 5.21. The molecule has 1 aliphatic rings. The minimum absolute atomic E-state index is 0.0803. The van der Waals surface area contributed by atoms with Crippen molar-refractivity contribution in [3.05, 3.63) is 30.5 Å². The molecule has 30 heavy (non-hydrogen) atoms. The monoisotopic (exact) mass is 425 g/mol. The van der Waals surface area contributed by atoms with E-state index < -0.39 is 12.7 Å². The normalized spacial score (nSPS) is 14.5. The molecule has 1 aliphatic heterocycles. The van der Waals surface area contributed by atoms with E-state index in [9.17, 15) is 13.2 Å². The van der Waals surface area contributed by atoms with Crippen LogP contribution >= 0.6 is 0 Å². The number of methoxy groups -OCH3 is 1. The van der Waals surface area contributed by atoms with Crippen LogP contribution in [0.5, 0.6) is 11.5 Å². The molecule has 2 heterocycles. The SMILES string of the molecule is COc1ccc(Nc2nccc(NCC(F)(F)F)n2)cc1OCCCN1CCCC1. The summed E-state index contributed by atoms with van der Waals surface area (Å²) < 4.78 is 48.4. The summed E-state index contributed by atoms with van der Waals surface area (Å²) in [7, 11) is 1.57. The van der Waals surface area contributed by atoms with E-state index in [-0.39, 0.29) is 11.8 Å². The predicted octanol–water partition coefficient (Wildman–Crippen LogP) is 4.07. The van der Waals surface area contributed by atoms with Gasteiger partial charge in [-0.1, -0.05) is 0 Å². The molecule has 2 N–H and O–H groups in total. The highest BCUT2D eigenvalue weighted by Gasteiger charge is 2.26. The van der Waals surface area contributed by atoms with Gasteiger partial charge in [-0.25, -0.2) is 4.98 Å². The summed E-state index contributed by atoms with van der Waals surface area (Å²) in [4.78, 5) is 10.5. The first-order chi connectivity index (χ1) is 14.4. The molecule has 0 aliphatic carbocycles. The summed E-state index contributed by atoms with van der Waals surface area (Å²) in [5.74, 6) is 1.43. The Bertz CT molecular complexity index is 813. The smallest absolute Gasteiger partial charge is 0.405 e. The fourth-order valence-electron chi connectivity index (χ4n) is 3.18. The summed E-state index contributed by atoms with van der Waals surface area (Å²) in [6.45, 7) is 2.70. The van der Waals surface area contributed by atoms with Gasteiger partial charge in [-0.2, -0.15) is 18.2 Å². The van der Waals surface area contributed by atoms with E-state index in [1.54, 1.807) is 25.3 Å². The molecule has 0 bridgehead atoms. The fourth-order valence-corrected chi connectivity index (χ4v) is 3.18. The molecule has 164 valence electrons. The molecule has 0 atom stereocenters. The molecule has 1 fully saturated rings. The van der Waals surface area contributed by atoms with E-state index in [1.165, 1.54) is 25.1 Å². The zero-order valence-electron chi connectivity index (χ0n) is 16.8. The molecule has 0 unspecified atom stereocenters. The number of likely N-dealkylation sites (tertiary alicyclic amines) is 1. The van der Waals surface area contributed by atoms with Gasteiger partial charge in [-0.3, -0.25) is 0 Å². The zero-order chi connectivity index (χ0) is 21.4. The third kappa shape index (κ3) is 6.94. The number of rotatable bonds is 10. The minimum Gasteiger partial charge on any atom is -0.493 e. The third-order valence-corrected chi connectivity index (χ3v) is 4.62. The number of nitrogens with one attached hydrogen (secondary N) is 2. The van der Waals surface area contributed by atoms with E-state index in [0.717, 1.165) is 26.1 Å². The Hall–Kier alpha value is -2.75. The van der Waals surface area contributed by atoms with Crippen LogP contribution in [0.2, 0.25) is 0 Å². The van der Waals surface area contributed by atoms with E-state index in [1.807, 2.05) is 0 Å². The van der Waals surface area contributed by atoms with Crippen molar-refractivity contribution in [1.29, 1.82) is 0 Å². The average Bonchev–Trinajstić information content (AvgIpc) is 3.23. The van der Waals surface area contributed by atoms with Crippen LogP contribution in [0.1, 0.15) is 19.3 Å². The Morgan fingerprint density at radius 2 is 1.93 bits per heavy atom. The topological polar surface area (TPSA) is 71.5 Å². The number of aromatic nitrogens is 2. The number of nitrogens with zero attached hydrogens (tertiary/aromatic N) is 3. The molecule has 2 aromatic rings. The number of benzene rings is 1. The van der Waals surface area contributed by atoms with Gasteiger partial charge >= 0.3 is 6.18 Å². The highest BCUT2D eigenvalue weighted by molar-refractivity contribution is 5.60. The van der Waals surface area contributed by atoms with Gasteiger partial charge < -0.3 is 25.0 Å². The predicted molar refractivity (Wildman–Crippen MR) is 109 cm³/mol. The van der Waals surface area contributed by atoms with Crippen LogP contribution in [0.25, 0.3) is 0 Å². The molecular formula is C20H26F3N5O2. The number of hydrogen-bond donors (Lipinski definition) is 2. The van der Waals surface area contributed by atoms with Crippen molar-refractivity contribution >= 4 is 17.5 Å². The van der Waals surface area contributed by atoms with Crippen LogP contribution in [0.3, 0.4) is 0 Å². The number of alkyl halides is 3. The maximum Gasteiger partial charge on any atom is 0.405 e. The first-order valence-corrected chi connectivity index (χ1v) is 9.87. The van der Waals surface area contributed by atoms with E-state index in [4.69, 9.17) is 9.47 Å². The molecular weight excluding hydrogens is 399 g/mol. The first-order valence-electron chi connectivity index (χ1n) is 9.87. The average molecular weight is 425 g/mol. The van der Waals surface area contributed by atoms with Gasteiger partial charge in [0.1, 0.15) is 12.4 Å². The minimum atomic E-state index is -4.32. The molecule has 10 heteroatoms. The summed E-state index contributed by atoms with van der Waals surface area (Å²) in [5.41, 5.74) is 0.637. The molecule has 7 nitrogen and oxygen atoms in total. The number of ether oxygens (including phenoxy) is 2. The second-order valence-corrected chi connectivity index (χ2v) is 6.98. The van der Waals surface area contributed by atoms with Crippen LogP contribution < -0.4 is 20.1 Å². The molecule has 0 radical (unpaired) electrons. The largest absolute Gasteiger partial charge is 0.493 e. The van der Waals surface area contributed by atoms with Crippen molar-refractivity contribution in [2.45, 2.75) is 25.4 Å². The molecule has 1 aromatic carbocycles. The number of anilines is 3. The number of hydrogen-bond acceptors (Lipinski definition) is 7. The van der Waals surface area contributed by atoms with Gasteiger partial charge in [0.25, 0.3) is 0 Å². The quantitative estimate of drug-likeness (QED) is 0.556. The highest BCUT2D eigenvalue weighted by atomic mass is 19.4. The standard InChI is InChI=1S/C20H26F3N5O2/c1-29-16-6-5-15(13-17(16)30-12-4-11-28-9-2-3-10-28)26-19-24-8-7-18(27-19)25-14-20(21,22)23/h5-8,13H,2-4,9-12,14H2,1H3,(H2,24,25,26,27). The Balaban J connectivity index is 1.58. The van der Waals surface area contributed by atoms with Gasteiger partial charge in [-0.05, 0) is 50.6 Å².